The molecule has 1 heterocycles. The molecule has 4 aromatic rings. The predicted molar refractivity (Wildman–Crippen MR) is 124 cm³/mol. The molecule has 152 valence electrons. The lowest BCUT2D eigenvalue weighted by atomic mass is 10.0. The van der Waals surface area contributed by atoms with Crippen LogP contribution < -0.4 is 4.74 Å². The van der Waals surface area contributed by atoms with Crippen molar-refractivity contribution in [3.05, 3.63) is 94.5 Å². The lowest BCUT2D eigenvalue weighted by Gasteiger charge is -2.10. The monoisotopic (exact) mass is 396 g/mol. The summed E-state index contributed by atoms with van der Waals surface area (Å²) in [6.45, 7) is 9.28. The van der Waals surface area contributed by atoms with E-state index in [1.54, 1.807) is 7.11 Å². The summed E-state index contributed by atoms with van der Waals surface area (Å²) in [5.41, 5.74) is 10.8. The van der Waals surface area contributed by atoms with E-state index in [0.717, 1.165) is 28.3 Å². The van der Waals surface area contributed by atoms with E-state index in [4.69, 9.17) is 9.84 Å². The summed E-state index contributed by atoms with van der Waals surface area (Å²) in [5.74, 6) is 0.863. The van der Waals surface area contributed by atoms with Gasteiger partial charge in [0.25, 0.3) is 0 Å². The second-order valence-electron chi connectivity index (χ2n) is 8.02. The number of hydrogen-bond donors (Lipinski definition) is 0. The van der Waals surface area contributed by atoms with Gasteiger partial charge in [0, 0.05) is 11.1 Å². The maximum atomic E-state index is 5.41. The van der Waals surface area contributed by atoms with Crippen LogP contribution in [0.15, 0.2) is 66.7 Å². The van der Waals surface area contributed by atoms with Crippen LogP contribution in [0.5, 0.6) is 5.75 Å². The minimum absolute atomic E-state index is 0.685. The fourth-order valence-corrected chi connectivity index (χ4v) is 3.66. The molecule has 0 amide bonds. The van der Waals surface area contributed by atoms with Crippen LogP contribution in [0.3, 0.4) is 0 Å². The highest BCUT2D eigenvalue weighted by Gasteiger charge is 2.13. The van der Waals surface area contributed by atoms with E-state index < -0.39 is 0 Å². The Bertz CT molecular complexity index is 1200. The zero-order valence-electron chi connectivity index (χ0n) is 18.4. The Hall–Kier alpha value is -3.33. The SMILES string of the molecule is COc1cccc(Cn2nc(-c3ccc(C)c(C)c3)cc2-c2ccc(C)c(C)c2)c1. The van der Waals surface area contributed by atoms with Crippen LogP contribution in [0.1, 0.15) is 27.8 Å². The van der Waals surface area contributed by atoms with Gasteiger partial charge in [-0.15, -0.1) is 0 Å². The Morgan fingerprint density at radius 3 is 2.07 bits per heavy atom. The molecule has 0 bridgehead atoms. The molecule has 0 saturated heterocycles. The predicted octanol–water partition coefficient (Wildman–Crippen LogP) is 6.51. The van der Waals surface area contributed by atoms with Gasteiger partial charge in [-0.1, -0.05) is 36.4 Å². The van der Waals surface area contributed by atoms with Crippen molar-refractivity contribution < 1.29 is 4.74 Å². The van der Waals surface area contributed by atoms with Gasteiger partial charge >= 0.3 is 0 Å². The average molecular weight is 397 g/mol. The van der Waals surface area contributed by atoms with Gasteiger partial charge in [0.1, 0.15) is 5.75 Å². The largest absolute Gasteiger partial charge is 0.497 e. The van der Waals surface area contributed by atoms with Gasteiger partial charge in [0.15, 0.2) is 0 Å². The molecule has 0 fully saturated rings. The van der Waals surface area contributed by atoms with E-state index in [9.17, 15) is 0 Å². The summed E-state index contributed by atoms with van der Waals surface area (Å²) >= 11 is 0. The lowest BCUT2D eigenvalue weighted by Crippen LogP contribution is -2.04. The van der Waals surface area contributed by atoms with E-state index in [2.05, 4.69) is 87.0 Å². The number of aryl methyl sites for hydroxylation is 4. The maximum absolute atomic E-state index is 5.41. The Morgan fingerprint density at radius 2 is 1.40 bits per heavy atom. The van der Waals surface area contributed by atoms with Crippen molar-refractivity contribution in [2.45, 2.75) is 34.2 Å². The minimum Gasteiger partial charge on any atom is -0.497 e. The number of ether oxygens (including phenoxy) is 1. The van der Waals surface area contributed by atoms with Crippen molar-refractivity contribution in [1.82, 2.24) is 9.78 Å². The number of rotatable bonds is 5. The number of benzene rings is 3. The standard InChI is InChI=1S/C27H28N2O/c1-18-9-11-23(13-20(18)3)26-16-27(24-12-10-19(2)21(4)14-24)29(28-26)17-22-7-6-8-25(15-22)30-5/h6-16H,17H2,1-5H3. The Labute approximate surface area is 179 Å². The van der Waals surface area contributed by atoms with Gasteiger partial charge in [-0.25, -0.2) is 0 Å². The summed E-state index contributed by atoms with van der Waals surface area (Å²) in [6.07, 6.45) is 0. The molecule has 0 aliphatic heterocycles. The second kappa shape index (κ2) is 8.19. The molecule has 0 aliphatic rings. The summed E-state index contributed by atoms with van der Waals surface area (Å²) in [6, 6.07) is 23.5. The Balaban J connectivity index is 1.82. The van der Waals surface area contributed by atoms with Crippen LogP contribution in [0.2, 0.25) is 0 Å². The molecular formula is C27H28N2O. The molecule has 0 atom stereocenters. The summed E-state index contributed by atoms with van der Waals surface area (Å²) in [5, 5.41) is 5.01. The van der Waals surface area contributed by atoms with Crippen LogP contribution in [-0.2, 0) is 6.54 Å². The molecule has 1 aromatic heterocycles. The third kappa shape index (κ3) is 4.02. The first-order valence-electron chi connectivity index (χ1n) is 10.3. The molecule has 0 radical (unpaired) electrons. The molecule has 30 heavy (non-hydrogen) atoms. The highest BCUT2D eigenvalue weighted by molar-refractivity contribution is 5.70. The molecule has 0 aliphatic carbocycles. The van der Waals surface area contributed by atoms with Gasteiger partial charge in [-0.05, 0) is 85.8 Å². The van der Waals surface area contributed by atoms with E-state index in [-0.39, 0.29) is 0 Å². The van der Waals surface area contributed by atoms with E-state index >= 15 is 0 Å². The van der Waals surface area contributed by atoms with Crippen molar-refractivity contribution >= 4 is 0 Å². The lowest BCUT2D eigenvalue weighted by molar-refractivity contribution is 0.414. The topological polar surface area (TPSA) is 27.1 Å². The zero-order chi connectivity index (χ0) is 21.3. The average Bonchev–Trinajstić information content (AvgIpc) is 3.16. The summed E-state index contributed by atoms with van der Waals surface area (Å²) in [7, 11) is 1.70. The smallest absolute Gasteiger partial charge is 0.119 e. The highest BCUT2D eigenvalue weighted by atomic mass is 16.5. The molecule has 0 unspecified atom stereocenters. The molecule has 3 aromatic carbocycles. The van der Waals surface area contributed by atoms with Crippen LogP contribution in [0, 0.1) is 27.7 Å². The van der Waals surface area contributed by atoms with Crippen molar-refractivity contribution in [2.24, 2.45) is 0 Å². The molecule has 4 rings (SSSR count). The first-order chi connectivity index (χ1) is 14.4. The van der Waals surface area contributed by atoms with Crippen molar-refractivity contribution in [1.29, 1.82) is 0 Å². The Morgan fingerprint density at radius 1 is 0.733 bits per heavy atom. The number of nitrogens with zero attached hydrogens (tertiary/aromatic N) is 2. The quantitative estimate of drug-likeness (QED) is 0.385. The third-order valence-electron chi connectivity index (χ3n) is 5.85. The molecule has 0 spiro atoms. The van der Waals surface area contributed by atoms with Gasteiger partial charge < -0.3 is 4.74 Å². The fourth-order valence-electron chi connectivity index (χ4n) is 3.66. The van der Waals surface area contributed by atoms with Crippen molar-refractivity contribution in [3.8, 4) is 28.3 Å². The summed E-state index contributed by atoms with van der Waals surface area (Å²) < 4.78 is 7.51. The van der Waals surface area contributed by atoms with Crippen molar-refractivity contribution in [2.75, 3.05) is 7.11 Å². The molecular weight excluding hydrogens is 368 g/mol. The van der Waals surface area contributed by atoms with E-state index in [1.807, 2.05) is 12.1 Å². The molecule has 3 heteroatoms. The Kier molecular flexibility index (Phi) is 5.45. The van der Waals surface area contributed by atoms with Gasteiger partial charge in [-0.3, -0.25) is 4.68 Å². The van der Waals surface area contributed by atoms with Crippen LogP contribution in [0.4, 0.5) is 0 Å². The van der Waals surface area contributed by atoms with E-state index in [1.165, 1.54) is 27.8 Å². The van der Waals surface area contributed by atoms with Gasteiger partial charge in [0.05, 0.1) is 25.0 Å². The number of methoxy groups -OCH3 is 1. The van der Waals surface area contributed by atoms with Gasteiger partial charge in [-0.2, -0.15) is 5.10 Å². The maximum Gasteiger partial charge on any atom is 0.119 e. The first-order valence-corrected chi connectivity index (χ1v) is 10.3. The first kappa shape index (κ1) is 20.0. The molecule has 3 nitrogen and oxygen atoms in total. The number of aromatic nitrogens is 2. The van der Waals surface area contributed by atoms with Crippen LogP contribution in [-0.4, -0.2) is 16.9 Å². The van der Waals surface area contributed by atoms with Crippen LogP contribution in [0.25, 0.3) is 22.5 Å². The molecule has 0 saturated carbocycles. The number of hydrogen-bond acceptors (Lipinski definition) is 2. The zero-order valence-corrected chi connectivity index (χ0v) is 18.4. The summed E-state index contributed by atoms with van der Waals surface area (Å²) in [4.78, 5) is 0. The molecule has 0 N–H and O–H groups in total. The second-order valence-corrected chi connectivity index (χ2v) is 8.02. The minimum atomic E-state index is 0.685. The van der Waals surface area contributed by atoms with Crippen molar-refractivity contribution in [3.63, 3.8) is 0 Å². The normalized spacial score (nSPS) is 11.0. The highest BCUT2D eigenvalue weighted by Crippen LogP contribution is 2.29. The van der Waals surface area contributed by atoms with E-state index in [0.29, 0.717) is 6.54 Å². The van der Waals surface area contributed by atoms with Gasteiger partial charge in [0.2, 0.25) is 0 Å². The fraction of sp³-hybridized carbons (Fsp3) is 0.222. The van der Waals surface area contributed by atoms with Crippen LogP contribution >= 0.6 is 0 Å². The third-order valence-corrected chi connectivity index (χ3v) is 5.85.